The van der Waals surface area contributed by atoms with E-state index in [1.165, 1.54) is 0 Å². The maximum Gasteiger partial charge on any atom is 0.130 e. The maximum atomic E-state index is 8.98. The molecule has 0 aliphatic carbocycles. The van der Waals surface area contributed by atoms with Gasteiger partial charge in [-0.3, -0.25) is 0 Å². The molecule has 1 nitrogen and oxygen atoms in total. The van der Waals surface area contributed by atoms with Gasteiger partial charge >= 0.3 is 0 Å². The Hall–Kier alpha value is -1.24. The van der Waals surface area contributed by atoms with Crippen molar-refractivity contribution >= 4 is 6.08 Å². The lowest BCUT2D eigenvalue weighted by molar-refractivity contribution is 0.473. The van der Waals surface area contributed by atoms with Crippen molar-refractivity contribution in [3.05, 3.63) is 36.4 Å². The van der Waals surface area contributed by atoms with Gasteiger partial charge in [-0.05, 0) is 0 Å². The molecule has 1 heteroatoms. The number of phenols is 1. The fraction of sp³-hybridized carbons (Fsp3) is 0. The van der Waals surface area contributed by atoms with Crippen LogP contribution in [0.2, 0.25) is 0 Å². The fourth-order valence-corrected chi connectivity index (χ4v) is 0.606. The Labute approximate surface area is 54.3 Å². The zero-order valence-corrected chi connectivity index (χ0v) is 4.96. The third-order valence-electron chi connectivity index (χ3n) is 1.09. The standard InChI is InChI=1S/C8H7O/c1-2-7-5-3-4-6-8(7)9/h2-5,9H,1H2. The van der Waals surface area contributed by atoms with E-state index < -0.39 is 0 Å². The lowest BCUT2D eigenvalue weighted by atomic mass is 10.2. The SMILES string of the molecule is C=Cc1ccc[c]c1O. The molecule has 0 saturated heterocycles. The second-order valence-electron chi connectivity index (χ2n) is 1.68. The lowest BCUT2D eigenvalue weighted by Crippen LogP contribution is -1.70. The molecule has 0 unspecified atom stereocenters. The van der Waals surface area contributed by atoms with E-state index in [1.807, 2.05) is 0 Å². The lowest BCUT2D eigenvalue weighted by Gasteiger charge is -1.93. The van der Waals surface area contributed by atoms with Crippen LogP contribution in [0.15, 0.2) is 24.8 Å². The molecule has 45 valence electrons. The summed E-state index contributed by atoms with van der Waals surface area (Å²) in [5, 5.41) is 8.98. The zero-order valence-electron chi connectivity index (χ0n) is 4.96. The summed E-state index contributed by atoms with van der Waals surface area (Å²) in [5.41, 5.74) is 0.720. The number of hydrogen-bond donors (Lipinski definition) is 1. The average Bonchev–Trinajstić information content (AvgIpc) is 1.89. The molecular formula is C8H7O. The van der Waals surface area contributed by atoms with Crippen LogP contribution in [-0.4, -0.2) is 5.11 Å². The minimum atomic E-state index is 0.160. The summed E-state index contributed by atoms with van der Waals surface area (Å²) in [6, 6.07) is 7.87. The average molecular weight is 119 g/mol. The highest BCUT2D eigenvalue weighted by Crippen LogP contribution is 2.14. The van der Waals surface area contributed by atoms with Crippen molar-refractivity contribution in [1.82, 2.24) is 0 Å². The number of para-hydroxylation sites is 1. The molecule has 9 heavy (non-hydrogen) atoms. The Morgan fingerprint density at radius 3 is 2.89 bits per heavy atom. The largest absolute Gasteiger partial charge is 0.507 e. The van der Waals surface area contributed by atoms with Gasteiger partial charge in [-0.1, -0.05) is 30.9 Å². The van der Waals surface area contributed by atoms with E-state index in [-0.39, 0.29) is 5.75 Å². The molecule has 0 aromatic heterocycles. The molecule has 0 heterocycles. The van der Waals surface area contributed by atoms with Gasteiger partial charge in [-0.2, -0.15) is 0 Å². The molecule has 0 spiro atoms. The third-order valence-corrected chi connectivity index (χ3v) is 1.09. The molecule has 0 aliphatic heterocycles. The first-order valence-corrected chi connectivity index (χ1v) is 2.66. The Balaban J connectivity index is 3.15. The topological polar surface area (TPSA) is 20.2 Å². The van der Waals surface area contributed by atoms with Crippen molar-refractivity contribution in [2.75, 3.05) is 0 Å². The molecule has 0 aliphatic rings. The van der Waals surface area contributed by atoms with E-state index in [4.69, 9.17) is 5.11 Å². The van der Waals surface area contributed by atoms with Crippen LogP contribution in [0.4, 0.5) is 0 Å². The summed E-state index contributed by atoms with van der Waals surface area (Å²) >= 11 is 0. The van der Waals surface area contributed by atoms with Crippen LogP contribution in [0, 0.1) is 6.07 Å². The predicted molar refractivity (Wildman–Crippen MR) is 37.0 cm³/mol. The Morgan fingerprint density at radius 1 is 1.67 bits per heavy atom. The van der Waals surface area contributed by atoms with Gasteiger partial charge in [-0.25, -0.2) is 0 Å². The molecule has 1 N–H and O–H groups in total. The molecule has 0 bridgehead atoms. The first-order valence-electron chi connectivity index (χ1n) is 2.66. The Kier molecular flexibility index (Phi) is 1.54. The van der Waals surface area contributed by atoms with Crippen LogP contribution in [0.3, 0.4) is 0 Å². The highest BCUT2D eigenvalue weighted by molar-refractivity contribution is 5.53. The second-order valence-corrected chi connectivity index (χ2v) is 1.68. The molecule has 0 fully saturated rings. The van der Waals surface area contributed by atoms with Crippen molar-refractivity contribution in [3.8, 4) is 5.75 Å². The van der Waals surface area contributed by atoms with Crippen LogP contribution in [-0.2, 0) is 0 Å². The molecule has 0 amide bonds. The van der Waals surface area contributed by atoms with E-state index in [0.717, 1.165) is 5.56 Å². The van der Waals surface area contributed by atoms with Crippen molar-refractivity contribution in [1.29, 1.82) is 0 Å². The number of aromatic hydroxyl groups is 1. The minimum Gasteiger partial charge on any atom is -0.507 e. The third kappa shape index (κ3) is 1.11. The minimum absolute atomic E-state index is 0.160. The van der Waals surface area contributed by atoms with Gasteiger partial charge in [0.2, 0.25) is 0 Å². The van der Waals surface area contributed by atoms with E-state index in [0.29, 0.717) is 0 Å². The Morgan fingerprint density at radius 2 is 2.44 bits per heavy atom. The summed E-state index contributed by atoms with van der Waals surface area (Å²) in [4.78, 5) is 0. The second kappa shape index (κ2) is 2.35. The van der Waals surface area contributed by atoms with E-state index in [1.54, 1.807) is 24.3 Å². The summed E-state index contributed by atoms with van der Waals surface area (Å²) in [7, 11) is 0. The van der Waals surface area contributed by atoms with Gasteiger partial charge < -0.3 is 5.11 Å². The number of rotatable bonds is 1. The van der Waals surface area contributed by atoms with Crippen molar-refractivity contribution in [3.63, 3.8) is 0 Å². The van der Waals surface area contributed by atoms with Crippen LogP contribution in [0.1, 0.15) is 5.56 Å². The maximum absolute atomic E-state index is 8.98. The molecule has 1 rings (SSSR count). The van der Waals surface area contributed by atoms with Crippen molar-refractivity contribution in [2.24, 2.45) is 0 Å². The van der Waals surface area contributed by atoms with Gasteiger partial charge in [0, 0.05) is 11.6 Å². The Bertz CT molecular complexity index is 216. The fourth-order valence-electron chi connectivity index (χ4n) is 0.606. The van der Waals surface area contributed by atoms with Gasteiger partial charge in [0.1, 0.15) is 5.75 Å². The molecule has 0 saturated carbocycles. The number of hydrogen-bond acceptors (Lipinski definition) is 1. The molecule has 0 atom stereocenters. The van der Waals surface area contributed by atoms with Crippen LogP contribution in [0.25, 0.3) is 6.08 Å². The van der Waals surface area contributed by atoms with Gasteiger partial charge in [0.15, 0.2) is 0 Å². The summed E-state index contributed by atoms with van der Waals surface area (Å²) in [6.45, 7) is 3.51. The van der Waals surface area contributed by atoms with Crippen LogP contribution in [0.5, 0.6) is 5.75 Å². The summed E-state index contributed by atoms with van der Waals surface area (Å²) in [6.07, 6.45) is 1.59. The number of benzene rings is 1. The van der Waals surface area contributed by atoms with E-state index in [2.05, 4.69) is 12.6 Å². The molecular weight excluding hydrogens is 112 g/mol. The molecule has 1 aromatic rings. The number of phenolic OH excluding ortho intramolecular Hbond substituents is 1. The molecule has 1 radical (unpaired) electrons. The smallest absolute Gasteiger partial charge is 0.130 e. The van der Waals surface area contributed by atoms with Crippen molar-refractivity contribution < 1.29 is 5.11 Å². The monoisotopic (exact) mass is 119 g/mol. The van der Waals surface area contributed by atoms with E-state index >= 15 is 0 Å². The van der Waals surface area contributed by atoms with Gasteiger partial charge in [-0.15, -0.1) is 0 Å². The van der Waals surface area contributed by atoms with Crippen LogP contribution >= 0.6 is 0 Å². The highest BCUT2D eigenvalue weighted by Gasteiger charge is 1.90. The van der Waals surface area contributed by atoms with Crippen molar-refractivity contribution in [2.45, 2.75) is 0 Å². The van der Waals surface area contributed by atoms with E-state index in [9.17, 15) is 0 Å². The molecule has 1 aromatic carbocycles. The normalized spacial score (nSPS) is 8.89. The first-order chi connectivity index (χ1) is 4.34. The zero-order chi connectivity index (χ0) is 6.69. The summed E-state index contributed by atoms with van der Waals surface area (Å²) in [5.74, 6) is 0.160. The first kappa shape index (κ1) is 5.89. The van der Waals surface area contributed by atoms with Crippen LogP contribution < -0.4 is 0 Å². The quantitative estimate of drug-likeness (QED) is 0.598. The van der Waals surface area contributed by atoms with Gasteiger partial charge in [0.05, 0.1) is 0 Å². The van der Waals surface area contributed by atoms with Gasteiger partial charge in [0.25, 0.3) is 0 Å². The predicted octanol–water partition coefficient (Wildman–Crippen LogP) is 1.84. The summed E-state index contributed by atoms with van der Waals surface area (Å²) < 4.78 is 0. The highest BCUT2D eigenvalue weighted by atomic mass is 16.3.